The summed E-state index contributed by atoms with van der Waals surface area (Å²) < 4.78 is 41.2. The van der Waals surface area contributed by atoms with Crippen LogP contribution >= 0.6 is 11.6 Å². The summed E-state index contributed by atoms with van der Waals surface area (Å²) in [6.45, 7) is -0.118. The predicted octanol–water partition coefficient (Wildman–Crippen LogP) is 1.43. The average Bonchev–Trinajstić information content (AvgIpc) is 2.86. The minimum absolute atomic E-state index is 0.0502. The number of aromatic carboxylic acids is 1. The Morgan fingerprint density at radius 3 is 2.83 bits per heavy atom. The van der Waals surface area contributed by atoms with E-state index in [0.29, 0.717) is 0 Å². The zero-order chi connectivity index (χ0) is 17.2. The number of carbonyl (C=O) groups is 1. The minimum Gasteiger partial charge on any atom is -0.476 e. The van der Waals surface area contributed by atoms with E-state index in [1.54, 1.807) is 6.07 Å². The van der Waals surface area contributed by atoms with Gasteiger partial charge in [0.2, 0.25) is 10.0 Å². The smallest absolute Gasteiger partial charge is 0.355 e. The molecule has 7 nitrogen and oxygen atoms in total. The van der Waals surface area contributed by atoms with Crippen LogP contribution in [0.5, 0.6) is 0 Å². The monoisotopic (exact) mass is 361 g/mol. The van der Waals surface area contributed by atoms with Gasteiger partial charge in [-0.25, -0.2) is 22.3 Å². The van der Waals surface area contributed by atoms with Crippen molar-refractivity contribution in [2.24, 2.45) is 7.05 Å². The molecule has 0 unspecified atom stereocenters. The quantitative estimate of drug-likeness (QED) is 0.810. The highest BCUT2D eigenvalue weighted by molar-refractivity contribution is 7.89. The van der Waals surface area contributed by atoms with Crippen molar-refractivity contribution in [1.29, 1.82) is 0 Å². The van der Waals surface area contributed by atoms with E-state index in [0.717, 1.165) is 10.9 Å². The molecule has 124 valence electrons. The van der Waals surface area contributed by atoms with Crippen LogP contribution in [0, 0.1) is 5.82 Å². The van der Waals surface area contributed by atoms with Crippen LogP contribution in [0.3, 0.4) is 0 Å². The molecule has 2 aromatic rings. The van der Waals surface area contributed by atoms with Crippen molar-refractivity contribution >= 4 is 27.6 Å². The number of aromatic nitrogens is 2. The zero-order valence-electron chi connectivity index (χ0n) is 12.0. The summed E-state index contributed by atoms with van der Waals surface area (Å²) in [6, 6.07) is 4.43. The number of aryl methyl sites for hydroxylation is 1. The van der Waals surface area contributed by atoms with Gasteiger partial charge in [-0.3, -0.25) is 4.68 Å². The molecule has 1 aromatic carbocycles. The Bertz CT molecular complexity index is 851. The van der Waals surface area contributed by atoms with Gasteiger partial charge in [-0.05, 0) is 18.1 Å². The minimum atomic E-state index is -4.08. The van der Waals surface area contributed by atoms with Crippen molar-refractivity contribution in [1.82, 2.24) is 14.5 Å². The molecule has 1 aromatic heterocycles. The van der Waals surface area contributed by atoms with Crippen LogP contribution < -0.4 is 4.72 Å². The van der Waals surface area contributed by atoms with Gasteiger partial charge in [-0.2, -0.15) is 5.10 Å². The van der Waals surface area contributed by atoms with E-state index >= 15 is 0 Å². The molecule has 23 heavy (non-hydrogen) atoms. The second-order valence-electron chi connectivity index (χ2n) is 4.65. The Hall–Kier alpha value is -1.97. The first kappa shape index (κ1) is 17.4. The molecular formula is C13H13ClFN3O4S. The third-order valence-corrected chi connectivity index (χ3v) is 4.87. The lowest BCUT2D eigenvalue weighted by atomic mass is 10.1. The van der Waals surface area contributed by atoms with Crippen LogP contribution in [-0.2, 0) is 23.5 Å². The van der Waals surface area contributed by atoms with Crippen LogP contribution in [-0.4, -0.2) is 35.8 Å². The number of carboxylic acid groups (broad SMARTS) is 1. The van der Waals surface area contributed by atoms with E-state index in [-0.39, 0.29) is 23.6 Å². The third kappa shape index (κ3) is 3.69. The van der Waals surface area contributed by atoms with Gasteiger partial charge >= 0.3 is 5.97 Å². The fourth-order valence-corrected chi connectivity index (χ4v) is 3.38. The van der Waals surface area contributed by atoms with Gasteiger partial charge in [0.1, 0.15) is 10.7 Å². The average molecular weight is 362 g/mol. The molecule has 2 N–H and O–H groups in total. The van der Waals surface area contributed by atoms with Crippen molar-refractivity contribution in [3.63, 3.8) is 0 Å². The Labute approximate surface area is 136 Å². The number of hydrogen-bond donors (Lipinski definition) is 2. The van der Waals surface area contributed by atoms with Gasteiger partial charge in [0.25, 0.3) is 0 Å². The number of halogens is 2. The molecule has 0 aliphatic heterocycles. The molecule has 0 radical (unpaired) electrons. The first-order valence-corrected chi connectivity index (χ1v) is 8.28. The van der Waals surface area contributed by atoms with Gasteiger partial charge in [0.05, 0.1) is 11.2 Å². The number of sulfonamides is 1. The van der Waals surface area contributed by atoms with E-state index < -0.39 is 32.4 Å². The van der Waals surface area contributed by atoms with Crippen LogP contribution in [0.4, 0.5) is 4.39 Å². The third-order valence-electron chi connectivity index (χ3n) is 3.12. The highest BCUT2D eigenvalue weighted by atomic mass is 35.5. The molecule has 0 aliphatic rings. The largest absolute Gasteiger partial charge is 0.476 e. The molecule has 0 saturated carbocycles. The molecule has 10 heteroatoms. The lowest BCUT2D eigenvalue weighted by Gasteiger charge is -2.07. The Balaban J connectivity index is 2.14. The number of nitrogens with zero attached hydrogens (tertiary/aromatic N) is 2. The molecule has 2 rings (SSSR count). The molecule has 0 amide bonds. The second-order valence-corrected chi connectivity index (χ2v) is 6.79. The van der Waals surface area contributed by atoms with E-state index in [1.165, 1.54) is 19.2 Å². The highest BCUT2D eigenvalue weighted by Gasteiger charge is 2.26. The Kier molecular flexibility index (Phi) is 5.03. The number of rotatable bonds is 6. The molecule has 1 heterocycles. The lowest BCUT2D eigenvalue weighted by molar-refractivity contribution is 0.0680. The van der Waals surface area contributed by atoms with Crippen molar-refractivity contribution in [2.75, 3.05) is 6.54 Å². The van der Waals surface area contributed by atoms with Gasteiger partial charge in [-0.1, -0.05) is 23.7 Å². The van der Waals surface area contributed by atoms with Crippen LogP contribution in [0.15, 0.2) is 29.3 Å². The van der Waals surface area contributed by atoms with Gasteiger partial charge in [-0.15, -0.1) is 0 Å². The van der Waals surface area contributed by atoms with E-state index in [2.05, 4.69) is 9.82 Å². The van der Waals surface area contributed by atoms with Crippen LogP contribution in [0.25, 0.3) is 0 Å². The summed E-state index contributed by atoms with van der Waals surface area (Å²) >= 11 is 5.65. The highest BCUT2D eigenvalue weighted by Crippen LogP contribution is 2.18. The standard InChI is InChI=1S/C13H13ClFN3O4S/c1-18-12(13(19)20)10(7-16-18)23(21,22)17-6-5-8-3-2-4-9(14)11(8)15/h2-4,7,17H,5-6H2,1H3,(H,19,20). The molecule has 0 bridgehead atoms. The molecule has 0 spiro atoms. The SMILES string of the molecule is Cn1ncc(S(=O)(=O)NCCc2cccc(Cl)c2F)c1C(=O)O. The fourth-order valence-electron chi connectivity index (χ4n) is 2.00. The maximum atomic E-state index is 13.7. The van der Waals surface area contributed by atoms with Crippen molar-refractivity contribution in [3.8, 4) is 0 Å². The molecule has 0 atom stereocenters. The van der Waals surface area contributed by atoms with Crippen molar-refractivity contribution < 1.29 is 22.7 Å². The van der Waals surface area contributed by atoms with Crippen molar-refractivity contribution in [3.05, 3.63) is 46.5 Å². The maximum Gasteiger partial charge on any atom is 0.355 e. The van der Waals surface area contributed by atoms with Crippen LogP contribution in [0.2, 0.25) is 5.02 Å². The summed E-state index contributed by atoms with van der Waals surface area (Å²) in [6.07, 6.45) is 1.01. The number of nitrogens with one attached hydrogen (secondary N) is 1. The molecule has 0 saturated heterocycles. The molecular weight excluding hydrogens is 349 g/mol. The first-order valence-electron chi connectivity index (χ1n) is 6.42. The summed E-state index contributed by atoms with van der Waals surface area (Å²) in [5.41, 5.74) is -0.198. The number of benzene rings is 1. The van der Waals surface area contributed by atoms with E-state index in [1.807, 2.05) is 0 Å². The molecule has 0 aliphatic carbocycles. The molecule has 0 fully saturated rings. The summed E-state index contributed by atoms with van der Waals surface area (Å²) in [4.78, 5) is 10.7. The van der Waals surface area contributed by atoms with Crippen molar-refractivity contribution in [2.45, 2.75) is 11.3 Å². The summed E-state index contributed by atoms with van der Waals surface area (Å²) in [7, 11) is -2.75. The first-order chi connectivity index (χ1) is 10.7. The predicted molar refractivity (Wildman–Crippen MR) is 80.5 cm³/mol. The van der Waals surface area contributed by atoms with Gasteiger partial charge in [0, 0.05) is 13.6 Å². The Morgan fingerprint density at radius 2 is 2.17 bits per heavy atom. The topological polar surface area (TPSA) is 101 Å². The van der Waals surface area contributed by atoms with Crippen LogP contribution in [0.1, 0.15) is 16.1 Å². The van der Waals surface area contributed by atoms with Gasteiger partial charge in [0.15, 0.2) is 5.69 Å². The van der Waals surface area contributed by atoms with E-state index in [9.17, 15) is 17.6 Å². The number of carboxylic acids is 1. The van der Waals surface area contributed by atoms with E-state index in [4.69, 9.17) is 16.7 Å². The normalized spacial score (nSPS) is 11.6. The number of hydrogen-bond acceptors (Lipinski definition) is 4. The summed E-state index contributed by atoms with van der Waals surface area (Å²) in [5.74, 6) is -2.02. The second kappa shape index (κ2) is 6.65. The fraction of sp³-hybridized carbons (Fsp3) is 0.231. The summed E-state index contributed by atoms with van der Waals surface area (Å²) in [5, 5.41) is 12.6. The maximum absolute atomic E-state index is 13.7. The van der Waals surface area contributed by atoms with Gasteiger partial charge < -0.3 is 5.11 Å². The zero-order valence-corrected chi connectivity index (χ0v) is 13.5. The Morgan fingerprint density at radius 1 is 1.48 bits per heavy atom. The lowest BCUT2D eigenvalue weighted by Crippen LogP contribution is -2.27.